The van der Waals surface area contributed by atoms with Gasteiger partial charge >= 0.3 is 0 Å². The molecule has 0 aromatic heterocycles. The highest BCUT2D eigenvalue weighted by Crippen LogP contribution is 2.37. The average Bonchev–Trinajstić information content (AvgIpc) is 3.25. The van der Waals surface area contributed by atoms with Crippen LogP contribution >= 0.6 is 0 Å². The molecule has 3 rings (SSSR count). The summed E-state index contributed by atoms with van der Waals surface area (Å²) >= 11 is 0. The predicted octanol–water partition coefficient (Wildman–Crippen LogP) is 3.47. The zero-order chi connectivity index (χ0) is 18.2. The van der Waals surface area contributed by atoms with Gasteiger partial charge in [-0.2, -0.15) is 10.2 Å². The van der Waals surface area contributed by atoms with E-state index in [0.717, 1.165) is 32.6 Å². The Hall–Kier alpha value is -2.19. The third kappa shape index (κ3) is 5.40. The third-order valence-corrected chi connectivity index (χ3v) is 5.25. The normalized spacial score (nSPS) is 17.8. The molecule has 0 saturated carbocycles. The fraction of sp³-hybridized carbons (Fsp3) is 0.571. The Kier molecular flexibility index (Phi) is 6.40. The minimum absolute atomic E-state index is 0.186. The molecular weight excluding hydrogens is 324 g/mol. The van der Waals surface area contributed by atoms with Crippen molar-refractivity contribution in [3.8, 4) is 12.3 Å². The topological polar surface area (TPSA) is 48.3 Å². The Labute approximate surface area is 156 Å². The van der Waals surface area contributed by atoms with E-state index in [1.807, 2.05) is 23.1 Å². The highest BCUT2D eigenvalue weighted by atomic mass is 16.2. The lowest BCUT2D eigenvalue weighted by atomic mass is 10.0. The van der Waals surface area contributed by atoms with Gasteiger partial charge in [0.2, 0.25) is 5.91 Å². The minimum atomic E-state index is -0.380. The van der Waals surface area contributed by atoms with E-state index in [9.17, 15) is 4.79 Å². The standard InChI is InChI=1S/C21H28N4O/c1-2-3-12-21(22-23-21)13-11-20(26)25(17-16-24-14-7-8-15-24)18-19-9-5-4-6-10-19/h1,4-6,9-10H,3,7-8,11-18H2. The first kappa shape index (κ1) is 18.6. The minimum Gasteiger partial charge on any atom is -0.337 e. The van der Waals surface area contributed by atoms with E-state index >= 15 is 0 Å². The molecule has 5 heteroatoms. The SMILES string of the molecule is C#CCCC1(CCC(=O)N(CCN2CCCC2)Cc2ccccc2)N=N1. The van der Waals surface area contributed by atoms with E-state index in [0.29, 0.717) is 25.8 Å². The van der Waals surface area contributed by atoms with Crippen LogP contribution in [0.4, 0.5) is 0 Å². The molecule has 0 radical (unpaired) electrons. The van der Waals surface area contributed by atoms with Crippen LogP contribution in [0.15, 0.2) is 40.6 Å². The van der Waals surface area contributed by atoms with Crippen molar-refractivity contribution in [2.24, 2.45) is 10.2 Å². The number of likely N-dealkylation sites (tertiary alicyclic amines) is 1. The predicted molar refractivity (Wildman–Crippen MR) is 102 cm³/mol. The van der Waals surface area contributed by atoms with Gasteiger partial charge in [0.1, 0.15) is 0 Å². The number of carbonyl (C=O) groups is 1. The van der Waals surface area contributed by atoms with Gasteiger partial charge in [0, 0.05) is 45.3 Å². The fourth-order valence-electron chi connectivity index (χ4n) is 3.50. The summed E-state index contributed by atoms with van der Waals surface area (Å²) in [6, 6.07) is 10.2. The molecule has 1 amide bonds. The molecule has 0 spiro atoms. The fourth-order valence-corrected chi connectivity index (χ4v) is 3.50. The summed E-state index contributed by atoms with van der Waals surface area (Å²) in [6.07, 6.45) is 10.4. The van der Waals surface area contributed by atoms with Crippen molar-refractivity contribution in [1.29, 1.82) is 0 Å². The van der Waals surface area contributed by atoms with E-state index in [2.05, 4.69) is 33.2 Å². The Morgan fingerprint density at radius 1 is 1.19 bits per heavy atom. The van der Waals surface area contributed by atoms with Crippen molar-refractivity contribution in [3.63, 3.8) is 0 Å². The van der Waals surface area contributed by atoms with Crippen LogP contribution in [0.2, 0.25) is 0 Å². The van der Waals surface area contributed by atoms with Crippen molar-refractivity contribution in [3.05, 3.63) is 35.9 Å². The lowest BCUT2D eigenvalue weighted by molar-refractivity contribution is -0.132. The number of carbonyl (C=O) groups excluding carboxylic acids is 1. The highest BCUT2D eigenvalue weighted by molar-refractivity contribution is 5.76. The maximum absolute atomic E-state index is 12.9. The zero-order valence-electron chi connectivity index (χ0n) is 15.4. The summed E-state index contributed by atoms with van der Waals surface area (Å²) in [7, 11) is 0. The van der Waals surface area contributed by atoms with Gasteiger partial charge in [-0.25, -0.2) is 0 Å². The summed E-state index contributed by atoms with van der Waals surface area (Å²) in [5.74, 6) is 2.82. The molecule has 2 heterocycles. The maximum atomic E-state index is 12.9. The molecule has 0 aliphatic carbocycles. The highest BCUT2D eigenvalue weighted by Gasteiger charge is 2.39. The van der Waals surface area contributed by atoms with Gasteiger partial charge in [0.25, 0.3) is 0 Å². The molecular formula is C21H28N4O. The molecule has 1 saturated heterocycles. The molecule has 2 aliphatic rings. The first-order valence-electron chi connectivity index (χ1n) is 9.62. The zero-order valence-corrected chi connectivity index (χ0v) is 15.4. The quantitative estimate of drug-likeness (QED) is 0.606. The summed E-state index contributed by atoms with van der Waals surface area (Å²) < 4.78 is 0. The summed E-state index contributed by atoms with van der Waals surface area (Å²) in [6.45, 7) is 4.70. The van der Waals surface area contributed by atoms with E-state index in [1.54, 1.807) is 0 Å². The molecule has 26 heavy (non-hydrogen) atoms. The van der Waals surface area contributed by atoms with Crippen molar-refractivity contribution >= 4 is 5.91 Å². The molecule has 0 bridgehead atoms. The van der Waals surface area contributed by atoms with Crippen LogP contribution in [0.3, 0.4) is 0 Å². The van der Waals surface area contributed by atoms with Gasteiger partial charge < -0.3 is 9.80 Å². The van der Waals surface area contributed by atoms with E-state index in [4.69, 9.17) is 6.42 Å². The molecule has 1 fully saturated rings. The Bertz CT molecular complexity index is 652. The van der Waals surface area contributed by atoms with Gasteiger partial charge in [0.15, 0.2) is 5.66 Å². The van der Waals surface area contributed by atoms with Crippen molar-refractivity contribution in [2.45, 2.75) is 50.7 Å². The first-order valence-corrected chi connectivity index (χ1v) is 9.62. The average molecular weight is 352 g/mol. The number of benzene rings is 1. The van der Waals surface area contributed by atoms with Crippen LogP contribution in [0.1, 0.15) is 44.1 Å². The van der Waals surface area contributed by atoms with Gasteiger partial charge in [0.05, 0.1) is 0 Å². The molecule has 0 N–H and O–H groups in total. The maximum Gasteiger partial charge on any atom is 0.223 e. The van der Waals surface area contributed by atoms with Gasteiger partial charge in [-0.15, -0.1) is 12.3 Å². The van der Waals surface area contributed by atoms with Gasteiger partial charge in [-0.3, -0.25) is 4.79 Å². The molecule has 0 unspecified atom stereocenters. The van der Waals surface area contributed by atoms with Gasteiger partial charge in [-0.1, -0.05) is 30.3 Å². The van der Waals surface area contributed by atoms with Crippen LogP contribution in [0, 0.1) is 12.3 Å². The second-order valence-electron chi connectivity index (χ2n) is 7.24. The second-order valence-corrected chi connectivity index (χ2v) is 7.24. The Morgan fingerprint density at radius 2 is 1.92 bits per heavy atom. The van der Waals surface area contributed by atoms with Crippen LogP contribution in [-0.4, -0.2) is 47.5 Å². The van der Waals surface area contributed by atoms with E-state index in [1.165, 1.54) is 18.4 Å². The molecule has 5 nitrogen and oxygen atoms in total. The monoisotopic (exact) mass is 352 g/mol. The summed E-state index contributed by atoms with van der Waals surface area (Å²) in [5, 5.41) is 8.29. The second kappa shape index (κ2) is 8.95. The molecule has 1 aromatic carbocycles. The molecule has 2 aliphatic heterocycles. The lowest BCUT2D eigenvalue weighted by Crippen LogP contribution is -2.38. The summed E-state index contributed by atoms with van der Waals surface area (Å²) in [4.78, 5) is 17.3. The number of terminal acetylenes is 1. The number of rotatable bonds is 10. The van der Waals surface area contributed by atoms with Crippen LogP contribution in [0.5, 0.6) is 0 Å². The van der Waals surface area contributed by atoms with Crippen LogP contribution in [0.25, 0.3) is 0 Å². The number of hydrogen-bond acceptors (Lipinski definition) is 4. The van der Waals surface area contributed by atoms with Crippen molar-refractivity contribution in [1.82, 2.24) is 9.80 Å². The first-order chi connectivity index (χ1) is 12.7. The Morgan fingerprint density at radius 3 is 2.58 bits per heavy atom. The number of nitrogens with zero attached hydrogens (tertiary/aromatic N) is 4. The number of amides is 1. The molecule has 1 aromatic rings. The smallest absolute Gasteiger partial charge is 0.223 e. The van der Waals surface area contributed by atoms with Crippen LogP contribution in [-0.2, 0) is 11.3 Å². The largest absolute Gasteiger partial charge is 0.337 e. The summed E-state index contributed by atoms with van der Waals surface area (Å²) in [5.41, 5.74) is 0.792. The number of hydrogen-bond donors (Lipinski definition) is 0. The third-order valence-electron chi connectivity index (χ3n) is 5.25. The van der Waals surface area contributed by atoms with Crippen molar-refractivity contribution < 1.29 is 4.79 Å². The van der Waals surface area contributed by atoms with E-state index in [-0.39, 0.29) is 11.6 Å². The van der Waals surface area contributed by atoms with E-state index < -0.39 is 0 Å². The molecule has 0 atom stereocenters. The molecule has 138 valence electrons. The van der Waals surface area contributed by atoms with Crippen LogP contribution < -0.4 is 0 Å². The Balaban J connectivity index is 1.54. The lowest BCUT2D eigenvalue weighted by Gasteiger charge is -2.26. The van der Waals surface area contributed by atoms with Gasteiger partial charge in [-0.05, 0) is 31.5 Å². The van der Waals surface area contributed by atoms with Crippen molar-refractivity contribution in [2.75, 3.05) is 26.2 Å².